The van der Waals surface area contributed by atoms with Gasteiger partial charge in [-0.1, -0.05) is 48.5 Å². The number of rotatable bonds is 6. The first-order valence-corrected chi connectivity index (χ1v) is 10.4. The molecule has 2 aromatic carbocycles. The zero-order valence-corrected chi connectivity index (χ0v) is 17.6. The van der Waals surface area contributed by atoms with Crippen molar-refractivity contribution < 1.29 is 24.2 Å². The summed E-state index contributed by atoms with van der Waals surface area (Å²) < 4.78 is 5.55. The Morgan fingerprint density at radius 3 is 2.13 bits per heavy atom. The molecule has 0 radical (unpaired) electrons. The molecule has 0 spiro atoms. The number of amides is 2. The highest BCUT2D eigenvalue weighted by atomic mass is 16.5. The van der Waals surface area contributed by atoms with E-state index in [1.165, 1.54) is 4.90 Å². The highest BCUT2D eigenvalue weighted by molar-refractivity contribution is 5.82. The van der Waals surface area contributed by atoms with Gasteiger partial charge in [0.15, 0.2) is 0 Å². The number of benzene rings is 2. The van der Waals surface area contributed by atoms with Crippen molar-refractivity contribution in [2.24, 2.45) is 5.92 Å². The molecule has 0 bridgehead atoms. The van der Waals surface area contributed by atoms with Gasteiger partial charge in [0.2, 0.25) is 5.91 Å². The first-order valence-electron chi connectivity index (χ1n) is 10.4. The van der Waals surface area contributed by atoms with Crippen molar-refractivity contribution in [1.82, 2.24) is 10.2 Å². The Kier molecular flexibility index (Phi) is 5.43. The van der Waals surface area contributed by atoms with E-state index in [4.69, 9.17) is 9.84 Å². The lowest BCUT2D eigenvalue weighted by molar-refractivity contribution is -0.153. The topological polar surface area (TPSA) is 95.9 Å². The largest absolute Gasteiger partial charge is 0.481 e. The molecule has 7 nitrogen and oxygen atoms in total. The molecular weight excluding hydrogens is 396 g/mol. The Labute approximate surface area is 181 Å². The summed E-state index contributed by atoms with van der Waals surface area (Å²) >= 11 is 0. The second kappa shape index (κ2) is 8.06. The zero-order chi connectivity index (χ0) is 22.2. The summed E-state index contributed by atoms with van der Waals surface area (Å²) in [5, 5.41) is 11.7. The maximum absolute atomic E-state index is 12.5. The van der Waals surface area contributed by atoms with Gasteiger partial charge in [-0.05, 0) is 36.1 Å². The minimum atomic E-state index is -0.889. The maximum atomic E-state index is 12.5. The van der Waals surface area contributed by atoms with Gasteiger partial charge in [0.1, 0.15) is 6.61 Å². The third kappa shape index (κ3) is 4.26. The lowest BCUT2D eigenvalue weighted by Gasteiger charge is -2.38. The number of hydrogen-bond donors (Lipinski definition) is 2. The van der Waals surface area contributed by atoms with Gasteiger partial charge in [-0.2, -0.15) is 0 Å². The summed E-state index contributed by atoms with van der Waals surface area (Å²) in [6.45, 7) is 4.14. The van der Waals surface area contributed by atoms with Crippen LogP contribution in [0.4, 0.5) is 4.79 Å². The highest BCUT2D eigenvalue weighted by Crippen LogP contribution is 2.44. The summed E-state index contributed by atoms with van der Waals surface area (Å²) in [6, 6.07) is 16.2. The summed E-state index contributed by atoms with van der Waals surface area (Å²) in [7, 11) is 0. The van der Waals surface area contributed by atoms with Crippen molar-refractivity contribution >= 4 is 18.0 Å². The van der Waals surface area contributed by atoms with E-state index in [-0.39, 0.29) is 37.9 Å². The van der Waals surface area contributed by atoms with E-state index in [9.17, 15) is 14.4 Å². The van der Waals surface area contributed by atoms with Crippen molar-refractivity contribution in [3.8, 4) is 11.1 Å². The molecule has 7 heteroatoms. The predicted molar refractivity (Wildman–Crippen MR) is 115 cm³/mol. The number of aliphatic carboxylic acids is 1. The number of carbonyl (C=O) groups is 3. The monoisotopic (exact) mass is 422 g/mol. The van der Waals surface area contributed by atoms with E-state index in [1.54, 1.807) is 13.8 Å². The molecule has 2 N–H and O–H groups in total. The summed E-state index contributed by atoms with van der Waals surface area (Å²) in [5.41, 5.74) is 3.78. The fourth-order valence-electron chi connectivity index (χ4n) is 4.28. The molecule has 31 heavy (non-hydrogen) atoms. The van der Waals surface area contributed by atoms with Crippen molar-refractivity contribution in [3.05, 3.63) is 59.7 Å². The Bertz CT molecular complexity index is 981. The quantitative estimate of drug-likeness (QED) is 0.745. The molecule has 1 aliphatic heterocycles. The number of ether oxygens (including phenoxy) is 1. The van der Waals surface area contributed by atoms with Gasteiger partial charge >= 0.3 is 12.1 Å². The Hall–Kier alpha value is -3.35. The number of nitrogens with zero attached hydrogens (tertiary/aromatic N) is 1. The minimum absolute atomic E-state index is 0.0306. The fraction of sp³-hybridized carbons (Fsp3) is 0.375. The van der Waals surface area contributed by atoms with Crippen molar-refractivity contribution in [1.29, 1.82) is 0 Å². The molecule has 2 aliphatic rings. The highest BCUT2D eigenvalue weighted by Gasteiger charge is 2.38. The standard InChI is InChI=1S/C24H26N2O5/c1-24(2,11-21(27)26-12-15(13-26)22(28)29)25-23(30)31-14-20-18-9-5-3-7-16(18)17-8-4-6-10-19(17)20/h3-10,15,20H,11-14H2,1-2H3,(H,25,30)(H,28,29). The van der Waals surface area contributed by atoms with Gasteiger partial charge in [0.05, 0.1) is 5.92 Å². The molecule has 2 amide bonds. The second-order valence-electron chi connectivity index (χ2n) is 8.85. The molecule has 1 saturated heterocycles. The van der Waals surface area contributed by atoms with Crippen molar-refractivity contribution in [2.45, 2.75) is 31.7 Å². The van der Waals surface area contributed by atoms with Crippen LogP contribution in [-0.2, 0) is 14.3 Å². The molecule has 1 aliphatic carbocycles. The molecule has 1 fully saturated rings. The number of hydrogen-bond acceptors (Lipinski definition) is 4. The van der Waals surface area contributed by atoms with Crippen LogP contribution < -0.4 is 5.32 Å². The third-order valence-corrected chi connectivity index (χ3v) is 5.96. The number of likely N-dealkylation sites (tertiary alicyclic amines) is 1. The summed E-state index contributed by atoms with van der Waals surface area (Å²) in [6.07, 6.45) is -0.504. The normalized spacial score (nSPS) is 15.6. The molecule has 162 valence electrons. The summed E-state index contributed by atoms with van der Waals surface area (Å²) in [5.74, 6) is -1.60. The average Bonchev–Trinajstić information content (AvgIpc) is 2.98. The average molecular weight is 422 g/mol. The van der Waals surface area contributed by atoms with Crippen LogP contribution in [0.15, 0.2) is 48.5 Å². The number of carboxylic acids is 1. The van der Waals surface area contributed by atoms with Gasteiger partial charge < -0.3 is 20.1 Å². The third-order valence-electron chi connectivity index (χ3n) is 5.96. The molecule has 0 atom stereocenters. The Morgan fingerprint density at radius 1 is 1.03 bits per heavy atom. The second-order valence-corrected chi connectivity index (χ2v) is 8.85. The maximum Gasteiger partial charge on any atom is 0.407 e. The minimum Gasteiger partial charge on any atom is -0.481 e. The van der Waals surface area contributed by atoms with Crippen LogP contribution in [0.5, 0.6) is 0 Å². The Balaban J connectivity index is 1.33. The van der Waals surface area contributed by atoms with Crippen molar-refractivity contribution in [2.75, 3.05) is 19.7 Å². The summed E-state index contributed by atoms with van der Waals surface area (Å²) in [4.78, 5) is 37.3. The number of carboxylic acid groups (broad SMARTS) is 1. The van der Waals surface area contributed by atoms with Crippen LogP contribution >= 0.6 is 0 Å². The van der Waals surface area contributed by atoms with Crippen LogP contribution in [0.3, 0.4) is 0 Å². The van der Waals surface area contributed by atoms with Crippen molar-refractivity contribution in [3.63, 3.8) is 0 Å². The number of carbonyl (C=O) groups excluding carboxylic acids is 2. The lowest BCUT2D eigenvalue weighted by Crippen LogP contribution is -2.56. The molecule has 1 heterocycles. The van der Waals surface area contributed by atoms with Gasteiger partial charge in [-0.3, -0.25) is 9.59 Å². The van der Waals surface area contributed by atoms with Gasteiger partial charge in [0.25, 0.3) is 0 Å². The van der Waals surface area contributed by atoms with Gasteiger partial charge in [-0.15, -0.1) is 0 Å². The van der Waals surface area contributed by atoms with E-state index in [0.29, 0.717) is 0 Å². The van der Waals surface area contributed by atoms with Gasteiger partial charge in [0, 0.05) is 31.0 Å². The van der Waals surface area contributed by atoms with Crippen LogP contribution in [0, 0.1) is 5.92 Å². The molecular formula is C24H26N2O5. The number of nitrogens with one attached hydrogen (secondary N) is 1. The molecule has 0 unspecified atom stereocenters. The predicted octanol–water partition coefficient (Wildman–Crippen LogP) is 3.24. The van der Waals surface area contributed by atoms with E-state index in [2.05, 4.69) is 29.6 Å². The number of fused-ring (bicyclic) bond motifs is 3. The molecule has 2 aromatic rings. The molecule has 0 aromatic heterocycles. The van der Waals surface area contributed by atoms with E-state index < -0.39 is 23.5 Å². The first-order chi connectivity index (χ1) is 14.7. The Morgan fingerprint density at radius 2 is 1.58 bits per heavy atom. The van der Waals surface area contributed by atoms with Crippen LogP contribution in [0.1, 0.15) is 37.3 Å². The lowest BCUT2D eigenvalue weighted by atomic mass is 9.95. The van der Waals surface area contributed by atoms with Crippen LogP contribution in [-0.4, -0.2) is 53.2 Å². The SMILES string of the molecule is CC(C)(CC(=O)N1CC(C(=O)O)C1)NC(=O)OCC1c2ccccc2-c2ccccc21. The van der Waals surface area contributed by atoms with Crippen LogP contribution in [0.25, 0.3) is 11.1 Å². The van der Waals surface area contributed by atoms with E-state index in [0.717, 1.165) is 22.3 Å². The van der Waals surface area contributed by atoms with Gasteiger partial charge in [-0.25, -0.2) is 4.79 Å². The zero-order valence-electron chi connectivity index (χ0n) is 17.6. The van der Waals surface area contributed by atoms with Crippen LogP contribution in [0.2, 0.25) is 0 Å². The smallest absolute Gasteiger partial charge is 0.407 e. The molecule has 4 rings (SSSR count). The fourth-order valence-corrected chi connectivity index (χ4v) is 4.28. The number of alkyl carbamates (subject to hydrolysis) is 1. The van der Waals surface area contributed by atoms with E-state index in [1.807, 2.05) is 24.3 Å². The molecule has 0 saturated carbocycles. The first kappa shape index (κ1) is 20.9. The van der Waals surface area contributed by atoms with E-state index >= 15 is 0 Å².